The molecule has 0 aliphatic carbocycles. The first-order chi connectivity index (χ1) is 17.0. The van der Waals surface area contributed by atoms with Gasteiger partial charge in [0.2, 0.25) is 5.89 Å². The molecule has 3 aromatic rings. The molecule has 1 fully saturated rings. The minimum absolute atomic E-state index is 0.0168. The molecular formula is C20H19F6N7O3. The Morgan fingerprint density at radius 2 is 1.75 bits per heavy atom. The lowest BCUT2D eigenvalue weighted by atomic mass is 9.97. The Morgan fingerprint density at radius 1 is 1.08 bits per heavy atom. The largest absolute Gasteiger partial charge is 0.445 e. The number of aromatic amines is 1. The van der Waals surface area contributed by atoms with Gasteiger partial charge in [-0.1, -0.05) is 5.10 Å². The van der Waals surface area contributed by atoms with Crippen molar-refractivity contribution in [2.24, 2.45) is 0 Å². The number of aromatic nitrogens is 5. The number of carbonyl (C=O) groups is 1. The highest BCUT2D eigenvalue weighted by Gasteiger charge is 2.37. The van der Waals surface area contributed by atoms with Crippen molar-refractivity contribution in [2.75, 3.05) is 18.4 Å². The summed E-state index contributed by atoms with van der Waals surface area (Å²) in [6, 6.07) is 1.26. The normalized spacial score (nSPS) is 15.2. The van der Waals surface area contributed by atoms with Crippen molar-refractivity contribution < 1.29 is 40.3 Å². The summed E-state index contributed by atoms with van der Waals surface area (Å²) in [4.78, 5) is 13.7. The highest BCUT2D eigenvalue weighted by atomic mass is 19.4. The number of halogens is 6. The molecule has 1 aliphatic rings. The van der Waals surface area contributed by atoms with Gasteiger partial charge in [-0.3, -0.25) is 0 Å². The monoisotopic (exact) mass is 519 g/mol. The standard InChI is InChI=1S/C20H19F6N7O3/c21-19(22,23)13-5-11(6-14(7-13)20(24,25)26)10-35-18(34)33-3-1-12(2-4-33)16-30-31-17(36-16)27-8-15-9-28-32-29-15/h5-7,9,12H,1-4,8,10H2,(H,27,31)(H,28,29,32). The second-order valence-electron chi connectivity index (χ2n) is 7.99. The fourth-order valence-corrected chi connectivity index (χ4v) is 3.60. The number of rotatable bonds is 6. The van der Waals surface area contributed by atoms with Gasteiger partial charge in [0.25, 0.3) is 0 Å². The van der Waals surface area contributed by atoms with Crippen LogP contribution in [0.15, 0.2) is 28.8 Å². The van der Waals surface area contributed by atoms with E-state index in [0.29, 0.717) is 43.1 Å². The molecule has 3 heterocycles. The van der Waals surface area contributed by atoms with Crippen LogP contribution in [0.1, 0.15) is 47.0 Å². The maximum Gasteiger partial charge on any atom is 0.416 e. The minimum Gasteiger partial charge on any atom is -0.445 e. The fourth-order valence-electron chi connectivity index (χ4n) is 3.60. The summed E-state index contributed by atoms with van der Waals surface area (Å²) in [5.74, 6) is 0.233. The Balaban J connectivity index is 1.30. The molecule has 194 valence electrons. The van der Waals surface area contributed by atoms with Crippen LogP contribution in [0.2, 0.25) is 0 Å². The third kappa shape index (κ3) is 6.23. The van der Waals surface area contributed by atoms with E-state index in [1.54, 1.807) is 0 Å². The van der Waals surface area contributed by atoms with E-state index < -0.39 is 41.7 Å². The second kappa shape index (κ2) is 10.0. The first-order valence-corrected chi connectivity index (χ1v) is 10.6. The zero-order valence-corrected chi connectivity index (χ0v) is 18.4. The zero-order valence-electron chi connectivity index (χ0n) is 18.4. The van der Waals surface area contributed by atoms with E-state index >= 15 is 0 Å². The molecule has 0 saturated carbocycles. The Labute approximate surface area is 199 Å². The topological polar surface area (TPSA) is 122 Å². The third-order valence-electron chi connectivity index (χ3n) is 5.44. The summed E-state index contributed by atoms with van der Waals surface area (Å²) in [7, 11) is 0. The maximum atomic E-state index is 13.0. The van der Waals surface area contributed by atoms with Crippen LogP contribution in [0.4, 0.5) is 37.2 Å². The van der Waals surface area contributed by atoms with Crippen molar-refractivity contribution in [2.45, 2.75) is 44.3 Å². The number of ether oxygens (including phenoxy) is 1. The smallest absolute Gasteiger partial charge is 0.416 e. The molecule has 1 aliphatic heterocycles. The molecule has 36 heavy (non-hydrogen) atoms. The molecule has 0 spiro atoms. The van der Waals surface area contributed by atoms with E-state index in [4.69, 9.17) is 9.15 Å². The highest BCUT2D eigenvalue weighted by molar-refractivity contribution is 5.67. The fraction of sp³-hybridized carbons (Fsp3) is 0.450. The van der Waals surface area contributed by atoms with Crippen molar-refractivity contribution in [3.63, 3.8) is 0 Å². The molecule has 4 rings (SSSR count). The third-order valence-corrected chi connectivity index (χ3v) is 5.44. The van der Waals surface area contributed by atoms with Crippen LogP contribution in [0.3, 0.4) is 0 Å². The molecule has 2 aromatic heterocycles. The van der Waals surface area contributed by atoms with Crippen LogP contribution in [0.5, 0.6) is 0 Å². The van der Waals surface area contributed by atoms with Crippen LogP contribution >= 0.6 is 0 Å². The van der Waals surface area contributed by atoms with E-state index in [0.717, 1.165) is 0 Å². The average molecular weight is 519 g/mol. The molecule has 0 bridgehead atoms. The number of hydrogen-bond acceptors (Lipinski definition) is 8. The summed E-state index contributed by atoms with van der Waals surface area (Å²) in [5.41, 5.74) is -2.73. The van der Waals surface area contributed by atoms with E-state index in [1.807, 2.05) is 0 Å². The van der Waals surface area contributed by atoms with E-state index in [-0.39, 0.29) is 31.1 Å². The zero-order chi connectivity index (χ0) is 25.9. The SMILES string of the molecule is O=C(OCc1cc(C(F)(F)F)cc(C(F)(F)F)c1)N1CCC(c2nnc(NCc3cn[nH]n3)o2)CC1. The molecule has 0 unspecified atom stereocenters. The Morgan fingerprint density at radius 3 is 2.33 bits per heavy atom. The Hall–Kier alpha value is -3.85. The van der Waals surface area contributed by atoms with Gasteiger partial charge in [-0.05, 0) is 36.6 Å². The number of nitrogens with zero attached hydrogens (tertiary/aromatic N) is 5. The lowest BCUT2D eigenvalue weighted by Gasteiger charge is -2.29. The van der Waals surface area contributed by atoms with Crippen LogP contribution in [0, 0.1) is 0 Å². The second-order valence-corrected chi connectivity index (χ2v) is 7.99. The Kier molecular flexibility index (Phi) is 7.03. The van der Waals surface area contributed by atoms with Gasteiger partial charge in [0.1, 0.15) is 12.3 Å². The lowest BCUT2D eigenvalue weighted by Crippen LogP contribution is -2.38. The van der Waals surface area contributed by atoms with Gasteiger partial charge >= 0.3 is 24.5 Å². The van der Waals surface area contributed by atoms with E-state index in [2.05, 4.69) is 30.9 Å². The first-order valence-electron chi connectivity index (χ1n) is 10.6. The van der Waals surface area contributed by atoms with Crippen LogP contribution in [-0.4, -0.2) is 49.7 Å². The number of amides is 1. The summed E-state index contributed by atoms with van der Waals surface area (Å²) in [6.45, 7) is 0.0304. The van der Waals surface area contributed by atoms with Gasteiger partial charge in [-0.2, -0.15) is 41.8 Å². The van der Waals surface area contributed by atoms with Crippen molar-refractivity contribution in [3.05, 3.63) is 52.7 Å². The predicted molar refractivity (Wildman–Crippen MR) is 108 cm³/mol. The maximum absolute atomic E-state index is 13.0. The average Bonchev–Trinajstić information content (AvgIpc) is 3.52. The van der Waals surface area contributed by atoms with Gasteiger partial charge in [-0.15, -0.1) is 5.10 Å². The molecule has 0 radical (unpaired) electrons. The summed E-state index contributed by atoms with van der Waals surface area (Å²) >= 11 is 0. The Bertz CT molecular complexity index is 1140. The number of nitrogens with one attached hydrogen (secondary N) is 2. The molecule has 1 aromatic carbocycles. The van der Waals surface area contributed by atoms with Crippen LogP contribution in [-0.2, 0) is 30.2 Å². The molecule has 2 N–H and O–H groups in total. The number of benzene rings is 1. The van der Waals surface area contributed by atoms with Crippen molar-refractivity contribution in [3.8, 4) is 0 Å². The molecule has 10 nitrogen and oxygen atoms in total. The van der Waals surface area contributed by atoms with Crippen LogP contribution < -0.4 is 5.32 Å². The summed E-state index contributed by atoms with van der Waals surface area (Å²) in [5, 5.41) is 20.8. The van der Waals surface area contributed by atoms with Crippen molar-refractivity contribution >= 4 is 12.1 Å². The van der Waals surface area contributed by atoms with Gasteiger partial charge in [0.05, 0.1) is 23.9 Å². The van der Waals surface area contributed by atoms with Gasteiger partial charge in [0, 0.05) is 19.0 Å². The molecule has 0 atom stereocenters. The quantitative estimate of drug-likeness (QED) is 0.461. The summed E-state index contributed by atoms with van der Waals surface area (Å²) < 4.78 is 88.6. The number of H-pyrrole nitrogens is 1. The van der Waals surface area contributed by atoms with Gasteiger partial charge in [-0.25, -0.2) is 4.79 Å². The van der Waals surface area contributed by atoms with E-state index in [9.17, 15) is 31.1 Å². The number of likely N-dealkylation sites (tertiary alicyclic amines) is 1. The lowest BCUT2D eigenvalue weighted by molar-refractivity contribution is -0.143. The predicted octanol–water partition coefficient (Wildman–Crippen LogP) is 4.35. The minimum atomic E-state index is -4.98. The van der Waals surface area contributed by atoms with Crippen LogP contribution in [0.25, 0.3) is 0 Å². The molecular weight excluding hydrogens is 500 g/mol. The number of piperidine rings is 1. The molecule has 1 saturated heterocycles. The number of alkyl halides is 6. The number of anilines is 1. The van der Waals surface area contributed by atoms with Gasteiger partial charge < -0.3 is 19.4 Å². The molecule has 16 heteroatoms. The van der Waals surface area contributed by atoms with E-state index in [1.165, 1.54) is 11.1 Å². The first kappa shape index (κ1) is 25.2. The number of hydrogen-bond donors (Lipinski definition) is 2. The highest BCUT2D eigenvalue weighted by Crippen LogP contribution is 2.36. The number of carbonyl (C=O) groups excluding carboxylic acids is 1. The van der Waals surface area contributed by atoms with Crippen molar-refractivity contribution in [1.82, 2.24) is 30.5 Å². The van der Waals surface area contributed by atoms with Gasteiger partial charge in [0.15, 0.2) is 0 Å². The summed E-state index contributed by atoms with van der Waals surface area (Å²) in [6.07, 6.45) is -8.39. The van der Waals surface area contributed by atoms with Crippen molar-refractivity contribution in [1.29, 1.82) is 0 Å². The molecule has 1 amide bonds.